The van der Waals surface area contributed by atoms with Crippen LogP contribution < -0.4 is 20.7 Å². The molecule has 1 unspecified atom stereocenters. The van der Waals surface area contributed by atoms with E-state index in [1.165, 1.54) is 49.2 Å². The lowest BCUT2D eigenvalue weighted by Crippen LogP contribution is -2.30. The average molecular weight is 680 g/mol. The van der Waals surface area contributed by atoms with Crippen LogP contribution in [0, 0.1) is 12.7 Å². The SMILES string of the molecule is COc1cc(Cl)c(C)cc1NC(=O)C(Sc1ccc(NC(=O)/C(=C/c2ccc(F)cc2)NC(=O)c2ccccc2)cc1)c1ccccc1. The van der Waals surface area contributed by atoms with E-state index in [4.69, 9.17) is 16.3 Å². The van der Waals surface area contributed by atoms with Crippen LogP contribution in [0.3, 0.4) is 0 Å². The van der Waals surface area contributed by atoms with Gasteiger partial charge >= 0.3 is 0 Å². The molecule has 1 atom stereocenters. The van der Waals surface area contributed by atoms with Crippen LogP contribution in [0.1, 0.15) is 32.3 Å². The Labute approximate surface area is 287 Å². The van der Waals surface area contributed by atoms with Gasteiger partial charge in [-0.3, -0.25) is 14.4 Å². The minimum absolute atomic E-state index is 0.0254. The Balaban J connectivity index is 1.34. The van der Waals surface area contributed by atoms with Crippen LogP contribution in [0.15, 0.2) is 132 Å². The number of carbonyl (C=O) groups is 3. The monoisotopic (exact) mass is 679 g/mol. The van der Waals surface area contributed by atoms with Crippen LogP contribution in [0.5, 0.6) is 5.75 Å². The van der Waals surface area contributed by atoms with Crippen molar-refractivity contribution in [3.05, 3.63) is 160 Å². The van der Waals surface area contributed by atoms with Gasteiger partial charge in [0.05, 0.1) is 12.8 Å². The first-order valence-corrected chi connectivity index (χ1v) is 16.1. The van der Waals surface area contributed by atoms with Gasteiger partial charge in [-0.15, -0.1) is 11.8 Å². The molecule has 0 fully saturated rings. The number of ether oxygens (including phenoxy) is 1. The van der Waals surface area contributed by atoms with Crippen molar-refractivity contribution in [3.63, 3.8) is 0 Å². The van der Waals surface area contributed by atoms with E-state index in [-0.39, 0.29) is 11.6 Å². The Kier molecular flexibility index (Phi) is 11.3. The Morgan fingerprint density at radius 1 is 0.833 bits per heavy atom. The molecule has 5 aromatic carbocycles. The summed E-state index contributed by atoms with van der Waals surface area (Å²) in [6, 6.07) is 33.9. The topological polar surface area (TPSA) is 96.5 Å². The second kappa shape index (κ2) is 15.9. The van der Waals surface area contributed by atoms with Gasteiger partial charge in [-0.25, -0.2) is 4.39 Å². The first-order valence-electron chi connectivity index (χ1n) is 14.8. The summed E-state index contributed by atoms with van der Waals surface area (Å²) >= 11 is 7.60. The maximum absolute atomic E-state index is 13.7. The number of methoxy groups -OCH3 is 1. The largest absolute Gasteiger partial charge is 0.495 e. The minimum Gasteiger partial charge on any atom is -0.495 e. The highest BCUT2D eigenvalue weighted by Gasteiger charge is 2.24. The smallest absolute Gasteiger partial charge is 0.272 e. The molecule has 0 spiro atoms. The molecule has 0 aliphatic rings. The number of benzene rings is 5. The normalized spacial score (nSPS) is 11.7. The summed E-state index contributed by atoms with van der Waals surface area (Å²) in [6.07, 6.45) is 1.47. The van der Waals surface area contributed by atoms with E-state index in [9.17, 15) is 18.8 Å². The van der Waals surface area contributed by atoms with E-state index >= 15 is 0 Å². The average Bonchev–Trinajstić information content (AvgIpc) is 3.10. The van der Waals surface area contributed by atoms with Gasteiger partial charge in [-0.1, -0.05) is 72.3 Å². The summed E-state index contributed by atoms with van der Waals surface area (Å²) in [5.41, 5.74) is 3.44. The van der Waals surface area contributed by atoms with Gasteiger partial charge in [0.15, 0.2) is 0 Å². The third-order valence-corrected chi connectivity index (χ3v) is 8.83. The highest BCUT2D eigenvalue weighted by atomic mass is 35.5. The first-order chi connectivity index (χ1) is 23.2. The number of rotatable bonds is 11. The molecule has 0 bridgehead atoms. The van der Waals surface area contributed by atoms with Crippen LogP contribution >= 0.6 is 23.4 Å². The van der Waals surface area contributed by atoms with Crippen LogP contribution in [0.4, 0.5) is 15.8 Å². The minimum atomic E-state index is -0.620. The summed E-state index contributed by atoms with van der Waals surface area (Å²) in [7, 11) is 1.51. The number of amides is 3. The molecule has 0 saturated heterocycles. The molecular weight excluding hydrogens is 649 g/mol. The molecule has 3 amide bonds. The van der Waals surface area contributed by atoms with Crippen molar-refractivity contribution < 1.29 is 23.5 Å². The van der Waals surface area contributed by atoms with Gasteiger partial charge in [-0.2, -0.15) is 0 Å². The molecule has 5 aromatic rings. The zero-order valence-electron chi connectivity index (χ0n) is 26.0. The fraction of sp³-hybridized carbons (Fsp3) is 0.0789. The van der Waals surface area contributed by atoms with Crippen molar-refractivity contribution in [3.8, 4) is 5.75 Å². The summed E-state index contributed by atoms with van der Waals surface area (Å²) < 4.78 is 19.0. The molecule has 10 heteroatoms. The highest BCUT2D eigenvalue weighted by Crippen LogP contribution is 2.38. The number of thioether (sulfide) groups is 1. The molecule has 0 aliphatic heterocycles. The third-order valence-electron chi connectivity index (χ3n) is 7.16. The number of carbonyl (C=O) groups excluding carboxylic acids is 3. The number of nitrogens with one attached hydrogen (secondary N) is 3. The highest BCUT2D eigenvalue weighted by molar-refractivity contribution is 8.00. The predicted octanol–water partition coefficient (Wildman–Crippen LogP) is 8.68. The standard InChI is InChI=1S/C38H31ClFN3O4S/c1-24-21-32(34(47-2)23-31(24)39)42-38(46)35(26-9-5-3-6-10-26)48-30-19-17-29(18-20-30)41-37(45)33(22-25-13-15-28(40)16-14-25)43-36(44)27-11-7-4-8-12-27/h3-23,35H,1-2H3,(H,41,45)(H,42,46)(H,43,44)/b33-22-. The van der Waals surface area contributed by atoms with E-state index in [0.717, 1.165) is 16.0 Å². The quantitative estimate of drug-likeness (QED) is 0.0959. The predicted molar refractivity (Wildman–Crippen MR) is 190 cm³/mol. The zero-order chi connectivity index (χ0) is 34.0. The van der Waals surface area contributed by atoms with Crippen LogP contribution in [0.2, 0.25) is 5.02 Å². The van der Waals surface area contributed by atoms with Crippen LogP contribution in [0.25, 0.3) is 6.08 Å². The molecule has 7 nitrogen and oxygen atoms in total. The maximum atomic E-state index is 13.7. The van der Waals surface area contributed by atoms with Crippen molar-refractivity contribution in [2.24, 2.45) is 0 Å². The van der Waals surface area contributed by atoms with E-state index < -0.39 is 22.9 Å². The van der Waals surface area contributed by atoms with Gasteiger partial charge in [0.1, 0.15) is 22.5 Å². The molecule has 0 aromatic heterocycles. The molecule has 0 radical (unpaired) electrons. The number of anilines is 2. The van der Waals surface area contributed by atoms with Gasteiger partial charge < -0.3 is 20.7 Å². The molecule has 0 aliphatic carbocycles. The van der Waals surface area contributed by atoms with E-state index in [0.29, 0.717) is 33.3 Å². The molecule has 242 valence electrons. The van der Waals surface area contributed by atoms with E-state index in [1.54, 1.807) is 66.7 Å². The van der Waals surface area contributed by atoms with Crippen LogP contribution in [-0.2, 0) is 9.59 Å². The number of hydrogen-bond donors (Lipinski definition) is 3. The Morgan fingerprint density at radius 3 is 2.12 bits per heavy atom. The lowest BCUT2D eigenvalue weighted by atomic mass is 10.1. The summed E-state index contributed by atoms with van der Waals surface area (Å²) in [4.78, 5) is 40.8. The lowest BCUT2D eigenvalue weighted by Gasteiger charge is -2.19. The number of aryl methyl sites for hydroxylation is 1. The molecule has 3 N–H and O–H groups in total. The van der Waals surface area contributed by atoms with Gasteiger partial charge in [-0.05, 0) is 84.3 Å². The second-order valence-corrected chi connectivity index (χ2v) is 12.2. The van der Waals surface area contributed by atoms with Crippen molar-refractivity contribution in [2.75, 3.05) is 17.7 Å². The van der Waals surface area contributed by atoms with E-state index in [1.807, 2.05) is 37.3 Å². The van der Waals surface area contributed by atoms with Gasteiger partial charge in [0, 0.05) is 27.2 Å². The lowest BCUT2D eigenvalue weighted by molar-refractivity contribution is -0.116. The van der Waals surface area contributed by atoms with Crippen molar-refractivity contribution in [1.29, 1.82) is 0 Å². The summed E-state index contributed by atoms with van der Waals surface area (Å²) in [5, 5.41) is 8.38. The van der Waals surface area contributed by atoms with Crippen LogP contribution in [-0.4, -0.2) is 24.8 Å². The Hall–Kier alpha value is -5.38. The molecule has 0 heterocycles. The third kappa shape index (κ3) is 8.90. The number of halogens is 2. The molecule has 0 saturated carbocycles. The van der Waals surface area contributed by atoms with Crippen molar-refractivity contribution in [2.45, 2.75) is 17.1 Å². The maximum Gasteiger partial charge on any atom is 0.272 e. The molecular formula is C38H31ClFN3O4S. The summed E-state index contributed by atoms with van der Waals surface area (Å²) in [6.45, 7) is 1.85. The first kappa shape index (κ1) is 34.0. The van der Waals surface area contributed by atoms with Gasteiger partial charge in [0.25, 0.3) is 11.8 Å². The van der Waals surface area contributed by atoms with Gasteiger partial charge in [0.2, 0.25) is 5.91 Å². The second-order valence-electron chi connectivity index (χ2n) is 10.6. The van der Waals surface area contributed by atoms with Crippen molar-refractivity contribution in [1.82, 2.24) is 5.32 Å². The Bertz CT molecular complexity index is 1940. The fourth-order valence-corrected chi connectivity index (χ4v) is 5.83. The zero-order valence-corrected chi connectivity index (χ0v) is 27.6. The molecule has 48 heavy (non-hydrogen) atoms. The van der Waals surface area contributed by atoms with Crippen molar-refractivity contribution >= 4 is 58.5 Å². The van der Waals surface area contributed by atoms with E-state index in [2.05, 4.69) is 16.0 Å². The Morgan fingerprint density at radius 2 is 1.48 bits per heavy atom. The molecule has 5 rings (SSSR count). The summed E-state index contributed by atoms with van der Waals surface area (Å²) in [5.74, 6) is -1.27. The fourth-order valence-electron chi connectivity index (χ4n) is 4.65. The number of hydrogen-bond acceptors (Lipinski definition) is 5.